The lowest BCUT2D eigenvalue weighted by molar-refractivity contribution is -0.149. The van der Waals surface area contributed by atoms with E-state index in [-0.39, 0.29) is 11.3 Å². The number of nitrogens with zero attached hydrogens (tertiary/aromatic N) is 1. The van der Waals surface area contributed by atoms with E-state index in [0.29, 0.717) is 5.02 Å². The van der Waals surface area contributed by atoms with Gasteiger partial charge < -0.3 is 5.11 Å². The Hall–Kier alpha value is -2.24. The van der Waals surface area contributed by atoms with Gasteiger partial charge in [-0.3, -0.25) is 15.0 Å². The number of hydrogen-bond acceptors (Lipinski definition) is 3. The quantitative estimate of drug-likeness (QED) is 0.660. The van der Waals surface area contributed by atoms with E-state index in [1.54, 1.807) is 36.4 Å². The molecule has 2 amide bonds. The summed E-state index contributed by atoms with van der Waals surface area (Å²) in [5.41, 5.74) is 3.27. The van der Waals surface area contributed by atoms with E-state index >= 15 is 0 Å². The topological polar surface area (TPSA) is 69.6 Å². The molecule has 0 aliphatic carbocycles. The minimum absolute atomic E-state index is 0.0724. The number of nitrogens with one attached hydrogen (secondary N) is 1. The normalized spacial score (nSPS) is 20.1. The van der Waals surface area contributed by atoms with Crippen LogP contribution >= 0.6 is 23.2 Å². The van der Waals surface area contributed by atoms with Crippen LogP contribution in [0.3, 0.4) is 0 Å². The van der Waals surface area contributed by atoms with Gasteiger partial charge in [0.05, 0.1) is 5.56 Å². The number of carbonyl (C=O) groups excluding carboxylic acids is 2. The van der Waals surface area contributed by atoms with E-state index in [9.17, 15) is 14.7 Å². The summed E-state index contributed by atoms with van der Waals surface area (Å²) in [6.07, 6.45) is 0. The molecule has 0 spiro atoms. The number of phenolic OH excluding ortho intramolecular Hbond substituents is 1. The molecular weight excluding hydrogens is 339 g/mol. The molecule has 0 radical (unpaired) electrons. The SMILES string of the molecule is O=C(NN1C(=O)[C@H](Cl)[C@@H]1c1cccc(Cl)c1)c1ccccc1O. The second-order valence-corrected chi connectivity index (χ2v) is 5.97. The number of benzene rings is 2. The van der Waals surface area contributed by atoms with Crippen molar-refractivity contribution < 1.29 is 14.7 Å². The van der Waals surface area contributed by atoms with Gasteiger partial charge in [-0.05, 0) is 29.8 Å². The van der Waals surface area contributed by atoms with Crippen molar-refractivity contribution >= 4 is 35.0 Å². The molecule has 23 heavy (non-hydrogen) atoms. The van der Waals surface area contributed by atoms with Gasteiger partial charge in [-0.25, -0.2) is 5.01 Å². The number of rotatable bonds is 3. The Labute approximate surface area is 142 Å². The maximum Gasteiger partial charge on any atom is 0.273 e. The molecule has 118 valence electrons. The second kappa shape index (κ2) is 6.10. The van der Waals surface area contributed by atoms with E-state index in [1.165, 1.54) is 12.1 Å². The van der Waals surface area contributed by atoms with Crippen LogP contribution in [0.5, 0.6) is 5.75 Å². The first-order valence-corrected chi connectivity index (χ1v) is 7.62. The standard InChI is InChI=1S/C16H12Cl2N2O3/c17-10-5-3-4-9(8-10)14-13(18)16(23)20(14)19-15(22)11-6-1-2-7-12(11)21/h1-8,13-14,21H,(H,19,22)/t13-,14+/m1/s1. The first-order valence-electron chi connectivity index (χ1n) is 6.80. The van der Waals surface area contributed by atoms with Crippen LogP contribution in [0.4, 0.5) is 0 Å². The average Bonchev–Trinajstić information content (AvgIpc) is 2.54. The van der Waals surface area contributed by atoms with Gasteiger partial charge in [0.2, 0.25) is 0 Å². The van der Waals surface area contributed by atoms with Crippen LogP contribution in [-0.4, -0.2) is 27.3 Å². The highest BCUT2D eigenvalue weighted by Gasteiger charge is 2.48. The number of para-hydroxylation sites is 1. The second-order valence-electron chi connectivity index (χ2n) is 5.07. The van der Waals surface area contributed by atoms with E-state index in [0.717, 1.165) is 10.6 Å². The van der Waals surface area contributed by atoms with Gasteiger partial charge in [-0.2, -0.15) is 0 Å². The third-order valence-corrected chi connectivity index (χ3v) is 4.25. The molecule has 7 heteroatoms. The number of aromatic hydroxyl groups is 1. The number of halogens is 2. The maximum atomic E-state index is 12.2. The minimum Gasteiger partial charge on any atom is -0.507 e. The highest BCUT2D eigenvalue weighted by atomic mass is 35.5. The Bertz CT molecular complexity index is 781. The van der Waals surface area contributed by atoms with E-state index < -0.39 is 23.2 Å². The Balaban J connectivity index is 1.82. The summed E-state index contributed by atoms with van der Waals surface area (Å²) >= 11 is 12.0. The Morgan fingerprint density at radius 1 is 1.17 bits per heavy atom. The van der Waals surface area contributed by atoms with Gasteiger partial charge >= 0.3 is 0 Å². The molecule has 2 atom stereocenters. The molecule has 5 nitrogen and oxygen atoms in total. The van der Waals surface area contributed by atoms with Crippen LogP contribution < -0.4 is 5.43 Å². The number of carbonyl (C=O) groups is 2. The van der Waals surface area contributed by atoms with Crippen LogP contribution in [0, 0.1) is 0 Å². The van der Waals surface area contributed by atoms with Crippen LogP contribution in [-0.2, 0) is 4.79 Å². The third-order valence-electron chi connectivity index (χ3n) is 3.59. The number of hydrazine groups is 1. The van der Waals surface area contributed by atoms with E-state index in [2.05, 4.69) is 5.43 Å². The van der Waals surface area contributed by atoms with Crippen LogP contribution in [0.25, 0.3) is 0 Å². The molecule has 1 heterocycles. The number of phenols is 1. The monoisotopic (exact) mass is 350 g/mol. The van der Waals surface area contributed by atoms with Crippen molar-refractivity contribution in [1.29, 1.82) is 0 Å². The predicted molar refractivity (Wildman–Crippen MR) is 86.3 cm³/mol. The molecule has 2 N–H and O–H groups in total. The first kappa shape index (κ1) is 15.6. The Kier molecular flexibility index (Phi) is 4.15. The van der Waals surface area contributed by atoms with Crippen LogP contribution in [0.1, 0.15) is 22.0 Å². The largest absolute Gasteiger partial charge is 0.507 e. The van der Waals surface area contributed by atoms with Gasteiger partial charge in [0, 0.05) is 5.02 Å². The number of hydrogen-bond donors (Lipinski definition) is 2. The van der Waals surface area contributed by atoms with Gasteiger partial charge in [-0.15, -0.1) is 11.6 Å². The van der Waals surface area contributed by atoms with Crippen molar-refractivity contribution in [3.63, 3.8) is 0 Å². The highest BCUT2D eigenvalue weighted by Crippen LogP contribution is 2.38. The predicted octanol–water partition coefficient (Wildman–Crippen LogP) is 2.88. The zero-order valence-electron chi connectivity index (χ0n) is 11.7. The van der Waals surface area contributed by atoms with Gasteiger partial charge in [0.25, 0.3) is 11.8 Å². The lowest BCUT2D eigenvalue weighted by Crippen LogP contribution is -2.63. The highest BCUT2D eigenvalue weighted by molar-refractivity contribution is 6.34. The van der Waals surface area contributed by atoms with Crippen molar-refractivity contribution in [3.8, 4) is 5.75 Å². The Morgan fingerprint density at radius 2 is 1.91 bits per heavy atom. The molecule has 1 fully saturated rings. The smallest absolute Gasteiger partial charge is 0.273 e. The van der Waals surface area contributed by atoms with Gasteiger partial charge in [0.1, 0.15) is 17.2 Å². The molecule has 1 aliphatic rings. The Morgan fingerprint density at radius 3 is 2.61 bits per heavy atom. The molecule has 1 saturated heterocycles. The molecule has 0 aromatic heterocycles. The fourth-order valence-electron chi connectivity index (χ4n) is 2.42. The molecule has 0 unspecified atom stereocenters. The van der Waals surface area contributed by atoms with Crippen LogP contribution in [0.2, 0.25) is 5.02 Å². The van der Waals surface area contributed by atoms with E-state index in [4.69, 9.17) is 23.2 Å². The molecule has 2 aromatic carbocycles. The van der Waals surface area contributed by atoms with E-state index in [1.807, 2.05) is 0 Å². The summed E-state index contributed by atoms with van der Waals surface area (Å²) in [6.45, 7) is 0. The summed E-state index contributed by atoms with van der Waals surface area (Å²) < 4.78 is 0. The fourth-order valence-corrected chi connectivity index (χ4v) is 2.98. The maximum absolute atomic E-state index is 12.2. The molecule has 3 rings (SSSR count). The summed E-state index contributed by atoms with van der Waals surface area (Å²) in [4.78, 5) is 24.2. The minimum atomic E-state index is -0.780. The summed E-state index contributed by atoms with van der Waals surface area (Å²) in [7, 11) is 0. The van der Waals surface area contributed by atoms with Crippen molar-refractivity contribution in [3.05, 3.63) is 64.7 Å². The number of β-lactam (4-membered cyclic amide) rings is 1. The van der Waals surface area contributed by atoms with Crippen molar-refractivity contribution in [1.82, 2.24) is 10.4 Å². The molecular formula is C16H12Cl2N2O3. The lowest BCUT2D eigenvalue weighted by Gasteiger charge is -2.44. The molecule has 1 aliphatic heterocycles. The number of amides is 2. The van der Waals surface area contributed by atoms with Gasteiger partial charge in [-0.1, -0.05) is 35.9 Å². The molecule has 0 bridgehead atoms. The summed E-state index contributed by atoms with van der Waals surface area (Å²) in [6, 6.07) is 12.5. The summed E-state index contributed by atoms with van der Waals surface area (Å²) in [5.74, 6) is -1.17. The third kappa shape index (κ3) is 2.85. The summed E-state index contributed by atoms with van der Waals surface area (Å²) in [5, 5.41) is 10.6. The van der Waals surface area contributed by atoms with Gasteiger partial charge in [0.15, 0.2) is 0 Å². The van der Waals surface area contributed by atoms with Crippen molar-refractivity contribution in [2.24, 2.45) is 0 Å². The average molecular weight is 351 g/mol. The fraction of sp³-hybridized carbons (Fsp3) is 0.125. The van der Waals surface area contributed by atoms with Crippen LogP contribution in [0.15, 0.2) is 48.5 Å². The van der Waals surface area contributed by atoms with Crippen molar-refractivity contribution in [2.75, 3.05) is 0 Å². The lowest BCUT2D eigenvalue weighted by atomic mass is 9.95. The molecule has 2 aromatic rings. The first-order chi connectivity index (χ1) is 11.0. The molecule has 0 saturated carbocycles. The number of alkyl halides is 1. The van der Waals surface area contributed by atoms with Crippen molar-refractivity contribution in [2.45, 2.75) is 11.4 Å². The zero-order chi connectivity index (χ0) is 16.6. The zero-order valence-corrected chi connectivity index (χ0v) is 13.3.